The molecule has 0 aliphatic heterocycles. The van der Waals surface area contributed by atoms with Crippen molar-refractivity contribution < 1.29 is 14.6 Å². The standard InChI is InChI=1S/C29H16N2O5/c32-29(19-5-11-25-21(13-19)15-27(25)17-1-7-23(8-2-17)30(33)34)20-6-12-26-22(14-20)16-28(26)18-3-9-24(10-4-18)31(35)36/h1-16H. The van der Waals surface area contributed by atoms with E-state index in [-0.39, 0.29) is 17.2 Å². The highest BCUT2D eigenvalue weighted by Gasteiger charge is 2.21. The van der Waals surface area contributed by atoms with E-state index < -0.39 is 9.85 Å². The molecule has 0 unspecified atom stereocenters. The fourth-order valence-electron chi connectivity index (χ4n) is 4.62. The summed E-state index contributed by atoms with van der Waals surface area (Å²) >= 11 is 0. The summed E-state index contributed by atoms with van der Waals surface area (Å²) in [6.45, 7) is 0. The van der Waals surface area contributed by atoms with Crippen LogP contribution in [0.3, 0.4) is 0 Å². The Labute approximate surface area is 204 Å². The Morgan fingerprint density at radius 3 is 1.81 bits per heavy atom. The Hall–Kier alpha value is -5.17. The number of rotatable bonds is 6. The molecule has 6 rings (SSSR count). The molecular weight excluding hydrogens is 456 g/mol. The van der Waals surface area contributed by atoms with Crippen molar-refractivity contribution in [2.75, 3.05) is 0 Å². The molecule has 0 aromatic heterocycles. The molecule has 4 aromatic carbocycles. The van der Waals surface area contributed by atoms with Gasteiger partial charge in [-0.1, -0.05) is 24.3 Å². The van der Waals surface area contributed by atoms with Gasteiger partial charge in [0.25, 0.3) is 11.4 Å². The Morgan fingerprint density at radius 2 is 1.22 bits per heavy atom. The summed E-state index contributed by atoms with van der Waals surface area (Å²) in [6, 6.07) is 24.0. The van der Waals surface area contributed by atoms with Crippen molar-refractivity contribution in [1.29, 1.82) is 0 Å². The van der Waals surface area contributed by atoms with E-state index in [0.717, 1.165) is 43.8 Å². The highest BCUT2D eigenvalue weighted by Crippen LogP contribution is 2.38. The molecule has 0 atom stereocenters. The smallest absolute Gasteiger partial charge is 0.269 e. The van der Waals surface area contributed by atoms with Gasteiger partial charge in [-0.2, -0.15) is 0 Å². The molecule has 0 bridgehead atoms. The minimum Gasteiger partial charge on any atom is -0.289 e. The van der Waals surface area contributed by atoms with E-state index in [0.29, 0.717) is 11.1 Å². The van der Waals surface area contributed by atoms with E-state index in [1.807, 2.05) is 36.4 Å². The number of carbonyl (C=O) groups excluding carboxylic acids is 1. The molecule has 2 aliphatic rings. The van der Waals surface area contributed by atoms with Crippen molar-refractivity contribution in [1.82, 2.24) is 0 Å². The lowest BCUT2D eigenvalue weighted by molar-refractivity contribution is -0.385. The number of fused-ring (bicyclic) bond motifs is 2. The maximum Gasteiger partial charge on any atom is 0.269 e. The zero-order chi connectivity index (χ0) is 25.0. The molecule has 0 heterocycles. The lowest BCUT2D eigenvalue weighted by atomic mass is 9.82. The number of ketones is 1. The van der Waals surface area contributed by atoms with Crippen LogP contribution in [-0.2, 0) is 0 Å². The third-order valence-electron chi connectivity index (χ3n) is 6.59. The summed E-state index contributed by atoms with van der Waals surface area (Å²) in [6.07, 6.45) is 3.95. The van der Waals surface area contributed by atoms with Gasteiger partial charge in [0.05, 0.1) is 9.85 Å². The third kappa shape index (κ3) is 3.42. The summed E-state index contributed by atoms with van der Waals surface area (Å²) in [5, 5.41) is 23.7. The first-order valence-corrected chi connectivity index (χ1v) is 11.2. The number of nitro groups is 2. The van der Waals surface area contributed by atoms with Gasteiger partial charge in [-0.05, 0) is 92.4 Å². The van der Waals surface area contributed by atoms with Crippen LogP contribution in [0.25, 0.3) is 23.3 Å². The van der Waals surface area contributed by atoms with Crippen LogP contribution >= 0.6 is 0 Å². The highest BCUT2D eigenvalue weighted by molar-refractivity contribution is 6.11. The summed E-state index contributed by atoms with van der Waals surface area (Å²) in [5.41, 5.74) is 7.01. The second-order valence-electron chi connectivity index (χ2n) is 8.66. The molecule has 172 valence electrons. The first kappa shape index (κ1) is 21.4. The number of hydrogen-bond acceptors (Lipinski definition) is 5. The van der Waals surface area contributed by atoms with Gasteiger partial charge >= 0.3 is 0 Å². The minimum absolute atomic E-state index is 0.0492. The summed E-state index contributed by atoms with van der Waals surface area (Å²) in [5.74, 6) is -0.0741. The molecule has 7 nitrogen and oxygen atoms in total. The summed E-state index contributed by atoms with van der Waals surface area (Å²) in [7, 11) is 0. The molecule has 0 amide bonds. The molecule has 2 aliphatic carbocycles. The van der Waals surface area contributed by atoms with Crippen LogP contribution in [0.15, 0.2) is 84.9 Å². The van der Waals surface area contributed by atoms with Gasteiger partial charge in [0.1, 0.15) is 0 Å². The van der Waals surface area contributed by atoms with Gasteiger partial charge in [-0.3, -0.25) is 25.0 Å². The van der Waals surface area contributed by atoms with E-state index in [1.54, 1.807) is 36.4 Å². The minimum atomic E-state index is -0.423. The molecule has 0 spiro atoms. The SMILES string of the molecule is O=C(c1ccc2c(c1)C=C2c1ccc([N+](=O)[O-])cc1)c1ccc2c(c1)=CC=2c1ccc([N+](=O)[O-])cc1. The first-order chi connectivity index (χ1) is 17.4. The van der Waals surface area contributed by atoms with Crippen LogP contribution < -0.4 is 10.4 Å². The average Bonchev–Trinajstić information content (AvgIpc) is 2.85. The van der Waals surface area contributed by atoms with Crippen molar-refractivity contribution in [3.8, 4) is 0 Å². The van der Waals surface area contributed by atoms with Crippen LogP contribution in [0.1, 0.15) is 38.2 Å². The number of benzene rings is 4. The largest absolute Gasteiger partial charge is 0.289 e. The predicted octanol–water partition coefficient (Wildman–Crippen LogP) is 4.63. The second-order valence-corrected chi connectivity index (χ2v) is 8.66. The van der Waals surface area contributed by atoms with Crippen LogP contribution in [0.5, 0.6) is 0 Å². The summed E-state index contributed by atoms with van der Waals surface area (Å²) in [4.78, 5) is 34.1. The highest BCUT2D eigenvalue weighted by atomic mass is 16.6. The van der Waals surface area contributed by atoms with E-state index in [2.05, 4.69) is 0 Å². The van der Waals surface area contributed by atoms with Gasteiger partial charge in [0.15, 0.2) is 5.78 Å². The van der Waals surface area contributed by atoms with E-state index in [4.69, 9.17) is 0 Å². The van der Waals surface area contributed by atoms with Crippen molar-refractivity contribution >= 4 is 40.5 Å². The number of nitro benzene ring substituents is 2. The molecule has 0 radical (unpaired) electrons. The maximum absolute atomic E-state index is 13.2. The lowest BCUT2D eigenvalue weighted by Gasteiger charge is -2.21. The van der Waals surface area contributed by atoms with Crippen molar-refractivity contribution in [3.63, 3.8) is 0 Å². The van der Waals surface area contributed by atoms with Crippen molar-refractivity contribution in [2.45, 2.75) is 0 Å². The first-order valence-electron chi connectivity index (χ1n) is 11.2. The third-order valence-corrected chi connectivity index (χ3v) is 6.59. The molecule has 0 saturated carbocycles. The number of nitrogens with zero attached hydrogens (tertiary/aromatic N) is 2. The van der Waals surface area contributed by atoms with Crippen LogP contribution in [0, 0.1) is 20.2 Å². The van der Waals surface area contributed by atoms with Crippen LogP contribution in [-0.4, -0.2) is 15.6 Å². The van der Waals surface area contributed by atoms with Crippen LogP contribution in [0.2, 0.25) is 0 Å². The monoisotopic (exact) mass is 472 g/mol. The Morgan fingerprint density at radius 1 is 0.639 bits per heavy atom. The van der Waals surface area contributed by atoms with E-state index in [1.165, 1.54) is 24.3 Å². The Balaban J connectivity index is 1.23. The predicted molar refractivity (Wildman–Crippen MR) is 136 cm³/mol. The van der Waals surface area contributed by atoms with E-state index >= 15 is 0 Å². The molecular formula is C29H16N2O5. The molecule has 0 fully saturated rings. The maximum atomic E-state index is 13.2. The lowest BCUT2D eigenvalue weighted by Crippen LogP contribution is -2.35. The van der Waals surface area contributed by atoms with Gasteiger partial charge in [0, 0.05) is 35.4 Å². The number of non-ortho nitro benzene ring substituents is 2. The Kier molecular flexibility index (Phi) is 4.72. The fourth-order valence-corrected chi connectivity index (χ4v) is 4.62. The zero-order valence-corrected chi connectivity index (χ0v) is 18.7. The number of hydrogen-bond donors (Lipinski definition) is 0. The van der Waals surface area contributed by atoms with Gasteiger partial charge in [-0.15, -0.1) is 0 Å². The molecule has 0 saturated heterocycles. The van der Waals surface area contributed by atoms with Crippen molar-refractivity contribution in [3.05, 3.63) is 149 Å². The van der Waals surface area contributed by atoms with Gasteiger partial charge < -0.3 is 0 Å². The number of carbonyl (C=O) groups is 1. The molecule has 4 aromatic rings. The Bertz CT molecular complexity index is 1780. The van der Waals surface area contributed by atoms with Gasteiger partial charge in [0.2, 0.25) is 0 Å². The molecule has 36 heavy (non-hydrogen) atoms. The van der Waals surface area contributed by atoms with E-state index in [9.17, 15) is 25.0 Å². The summed E-state index contributed by atoms with van der Waals surface area (Å²) < 4.78 is 0. The van der Waals surface area contributed by atoms with Crippen LogP contribution in [0.4, 0.5) is 11.4 Å². The normalized spacial score (nSPS) is 12.8. The zero-order valence-electron chi connectivity index (χ0n) is 18.7. The fraction of sp³-hybridized carbons (Fsp3) is 0. The van der Waals surface area contributed by atoms with Crippen molar-refractivity contribution in [2.24, 2.45) is 0 Å². The van der Waals surface area contributed by atoms with Gasteiger partial charge in [-0.25, -0.2) is 0 Å². The second kappa shape index (κ2) is 7.95. The quantitative estimate of drug-likeness (QED) is 0.204. The molecule has 7 heteroatoms. The molecule has 0 N–H and O–H groups in total. The average molecular weight is 472 g/mol. The topological polar surface area (TPSA) is 103 Å².